The molecule has 0 N–H and O–H groups in total. The molecule has 0 aliphatic carbocycles. The van der Waals surface area contributed by atoms with Crippen LogP contribution in [0.2, 0.25) is 0 Å². The lowest BCUT2D eigenvalue weighted by molar-refractivity contribution is -0.360. The first kappa shape index (κ1) is 42.2. The third kappa shape index (κ3) is 17.7. The Morgan fingerprint density at radius 1 is 0.569 bits per heavy atom. The monoisotopic (exact) mass is 723 g/mol. The number of hydrogen-bond acceptors (Lipinski definition) is 14. The zero-order chi connectivity index (χ0) is 36.2. The largest absolute Gasteiger partial charge is 0.618 e. The van der Waals surface area contributed by atoms with Crippen LogP contribution in [0.4, 0.5) is 5.69 Å². The van der Waals surface area contributed by atoms with E-state index in [0.29, 0.717) is 142 Å². The molecule has 51 heavy (non-hydrogen) atoms. The summed E-state index contributed by atoms with van der Waals surface area (Å²) < 4.78 is 65.9. The summed E-state index contributed by atoms with van der Waals surface area (Å²) in [5.74, 6) is 0.382. The molecule has 0 aromatic heterocycles. The summed E-state index contributed by atoms with van der Waals surface area (Å²) in [4.78, 5) is 12.6. The van der Waals surface area contributed by atoms with Gasteiger partial charge in [-0.2, -0.15) is 4.74 Å². The number of hydrogen-bond donors (Lipinski definition) is 0. The average Bonchev–Trinajstić information content (AvgIpc) is 3.25. The van der Waals surface area contributed by atoms with Crippen LogP contribution in [0.15, 0.2) is 42.5 Å². The number of benzene rings is 2. The van der Waals surface area contributed by atoms with E-state index in [1.807, 2.05) is 18.2 Å². The second-order valence-corrected chi connectivity index (χ2v) is 10.8. The van der Waals surface area contributed by atoms with E-state index in [2.05, 4.69) is 0 Å². The van der Waals surface area contributed by atoms with Crippen LogP contribution in [0.25, 0.3) is 0 Å². The molecule has 0 unspecified atom stereocenters. The Morgan fingerprint density at radius 2 is 0.980 bits per heavy atom. The van der Waals surface area contributed by atoms with Gasteiger partial charge in [0.05, 0.1) is 137 Å². The van der Waals surface area contributed by atoms with Crippen molar-refractivity contribution >= 4 is 17.4 Å². The molecule has 2 aromatic rings. The van der Waals surface area contributed by atoms with Crippen molar-refractivity contribution in [1.82, 2.24) is 0 Å². The van der Waals surface area contributed by atoms with Gasteiger partial charge in [-0.1, -0.05) is 12.1 Å². The lowest BCUT2D eigenvalue weighted by Crippen LogP contribution is -2.15. The van der Waals surface area contributed by atoms with Gasteiger partial charge in [-0.05, 0) is 24.3 Å². The van der Waals surface area contributed by atoms with Crippen molar-refractivity contribution < 1.29 is 66.4 Å². The van der Waals surface area contributed by atoms with Gasteiger partial charge in [0.25, 0.3) is 5.69 Å². The SMILES string of the molecule is COCCOCCOCCOCCOCCOCCOCCOCCOCCOCCOC(=O)c1ccc2c(c1)[N+]([O-])=C(C)c1ccccc1O2. The fraction of sp³-hybridized carbons (Fsp3) is 0.611. The van der Waals surface area contributed by atoms with Crippen LogP contribution in [-0.2, 0) is 52.1 Å². The minimum Gasteiger partial charge on any atom is -0.618 e. The summed E-state index contributed by atoms with van der Waals surface area (Å²) in [6, 6.07) is 11.9. The summed E-state index contributed by atoms with van der Waals surface area (Å²) in [7, 11) is 1.64. The Balaban J connectivity index is 1.04. The second-order valence-electron chi connectivity index (χ2n) is 10.8. The first-order chi connectivity index (χ1) is 25.1. The smallest absolute Gasteiger partial charge is 0.338 e. The molecular formula is C36H53NO14. The number of carbonyl (C=O) groups is 1. The highest BCUT2D eigenvalue weighted by Crippen LogP contribution is 2.37. The van der Waals surface area contributed by atoms with Crippen LogP contribution < -0.4 is 4.74 Å². The number of para-hydroxylation sites is 1. The summed E-state index contributed by atoms with van der Waals surface area (Å²) in [5, 5.41) is 13.0. The summed E-state index contributed by atoms with van der Waals surface area (Å²) in [6.07, 6.45) is 0. The molecular weight excluding hydrogens is 670 g/mol. The highest BCUT2D eigenvalue weighted by molar-refractivity contribution is 5.99. The lowest BCUT2D eigenvalue weighted by atomic mass is 10.1. The molecule has 15 heteroatoms. The predicted octanol–water partition coefficient (Wildman–Crippen LogP) is 3.40. The van der Waals surface area contributed by atoms with Gasteiger partial charge in [0.2, 0.25) is 5.71 Å². The summed E-state index contributed by atoms with van der Waals surface area (Å²) in [6.45, 7) is 10.7. The first-order valence-electron chi connectivity index (χ1n) is 17.2. The Bertz CT molecular complexity index is 1260. The number of nitrogens with zero attached hydrogens (tertiary/aromatic N) is 1. The standard InChI is InChI=1S/C36H53NO14/c1-30-32-5-3-4-6-34(32)51-35-8-7-31(29-33(35)37(30)39)36(38)50-28-27-49-26-25-48-24-23-47-22-21-46-20-19-45-18-17-44-16-15-43-14-13-42-12-11-41-10-9-40-2/h3-8,29H,9-28H2,1-2H3. The van der Waals surface area contributed by atoms with Crippen LogP contribution in [0.1, 0.15) is 22.8 Å². The number of methoxy groups -OCH3 is 1. The molecule has 2 aromatic carbocycles. The zero-order valence-corrected chi connectivity index (χ0v) is 29.8. The Kier molecular flexibility index (Phi) is 22.7. The Morgan fingerprint density at radius 3 is 1.43 bits per heavy atom. The van der Waals surface area contributed by atoms with Gasteiger partial charge in [0.1, 0.15) is 12.4 Å². The van der Waals surface area contributed by atoms with E-state index in [9.17, 15) is 10.0 Å². The number of rotatable bonds is 31. The van der Waals surface area contributed by atoms with E-state index in [1.165, 1.54) is 6.07 Å². The highest BCUT2D eigenvalue weighted by Gasteiger charge is 2.25. The molecule has 0 amide bonds. The third-order valence-electron chi connectivity index (χ3n) is 7.08. The van der Waals surface area contributed by atoms with Crippen molar-refractivity contribution in [3.05, 3.63) is 58.8 Å². The number of fused-ring (bicyclic) bond motifs is 2. The molecule has 1 aliphatic heterocycles. The van der Waals surface area contributed by atoms with Crippen molar-refractivity contribution in [1.29, 1.82) is 0 Å². The van der Waals surface area contributed by atoms with Gasteiger partial charge in [0, 0.05) is 20.1 Å². The van der Waals surface area contributed by atoms with Gasteiger partial charge >= 0.3 is 5.97 Å². The predicted molar refractivity (Wildman–Crippen MR) is 186 cm³/mol. The van der Waals surface area contributed by atoms with Crippen molar-refractivity contribution in [2.24, 2.45) is 0 Å². The number of carbonyl (C=O) groups excluding carboxylic acids is 1. The molecule has 1 aliphatic rings. The summed E-state index contributed by atoms with van der Waals surface area (Å²) in [5.41, 5.74) is 1.64. The number of esters is 1. The van der Waals surface area contributed by atoms with Crippen molar-refractivity contribution in [3.63, 3.8) is 0 Å². The fourth-order valence-corrected chi connectivity index (χ4v) is 4.43. The normalized spacial score (nSPS) is 12.4. The molecule has 0 bridgehead atoms. The van der Waals surface area contributed by atoms with Crippen molar-refractivity contribution in [2.75, 3.05) is 139 Å². The van der Waals surface area contributed by atoms with Crippen LogP contribution in [0.5, 0.6) is 11.5 Å². The molecule has 286 valence electrons. The Hall–Kier alpha value is -3.22. The maximum atomic E-state index is 13.0. The van der Waals surface area contributed by atoms with Crippen LogP contribution in [-0.4, -0.2) is 156 Å². The van der Waals surface area contributed by atoms with Gasteiger partial charge in [-0.15, -0.1) is 0 Å². The van der Waals surface area contributed by atoms with E-state index in [4.69, 9.17) is 56.8 Å². The first-order valence-corrected chi connectivity index (χ1v) is 17.2. The summed E-state index contributed by atoms with van der Waals surface area (Å²) >= 11 is 0. The average molecular weight is 724 g/mol. The molecule has 3 rings (SSSR count). The molecule has 0 saturated heterocycles. The van der Waals surface area contributed by atoms with E-state index < -0.39 is 5.97 Å². The van der Waals surface area contributed by atoms with Crippen molar-refractivity contribution in [2.45, 2.75) is 6.92 Å². The van der Waals surface area contributed by atoms with E-state index in [0.717, 1.165) is 4.74 Å². The quantitative estimate of drug-likeness (QED) is 0.0483. The maximum Gasteiger partial charge on any atom is 0.338 e. The van der Waals surface area contributed by atoms with Gasteiger partial charge in [-0.25, -0.2) is 4.79 Å². The van der Waals surface area contributed by atoms with E-state index in [1.54, 1.807) is 32.2 Å². The highest BCUT2D eigenvalue weighted by atomic mass is 16.6. The van der Waals surface area contributed by atoms with Crippen LogP contribution in [0.3, 0.4) is 0 Å². The minimum atomic E-state index is -0.558. The van der Waals surface area contributed by atoms with E-state index in [-0.39, 0.29) is 24.5 Å². The maximum absolute atomic E-state index is 13.0. The van der Waals surface area contributed by atoms with Crippen LogP contribution >= 0.6 is 0 Å². The Labute approximate surface area is 300 Å². The molecule has 0 saturated carbocycles. The molecule has 0 radical (unpaired) electrons. The van der Waals surface area contributed by atoms with Gasteiger partial charge in [0.15, 0.2) is 5.75 Å². The van der Waals surface area contributed by atoms with Crippen LogP contribution in [0, 0.1) is 5.21 Å². The van der Waals surface area contributed by atoms with Crippen molar-refractivity contribution in [3.8, 4) is 11.5 Å². The van der Waals surface area contributed by atoms with Gasteiger partial charge in [-0.3, -0.25) is 0 Å². The zero-order valence-electron chi connectivity index (χ0n) is 29.8. The minimum absolute atomic E-state index is 0.0619. The third-order valence-corrected chi connectivity index (χ3v) is 7.08. The fourth-order valence-electron chi connectivity index (χ4n) is 4.43. The lowest BCUT2D eigenvalue weighted by Gasteiger charge is -2.10. The topological polar surface area (TPSA) is 154 Å². The molecule has 0 atom stereocenters. The molecule has 0 fully saturated rings. The van der Waals surface area contributed by atoms with E-state index >= 15 is 0 Å². The molecule has 0 spiro atoms. The second kappa shape index (κ2) is 27.4. The van der Waals surface area contributed by atoms with Gasteiger partial charge < -0.3 is 62.0 Å². The molecule has 15 nitrogen and oxygen atoms in total. The number of ether oxygens (including phenoxy) is 12. The molecule has 1 heterocycles.